The summed E-state index contributed by atoms with van der Waals surface area (Å²) in [5.74, 6) is 0. The van der Waals surface area contributed by atoms with Gasteiger partial charge in [0.2, 0.25) is 0 Å². The highest BCUT2D eigenvalue weighted by atomic mass is 79.9. The second-order valence-electron chi connectivity index (χ2n) is 5.84. The third-order valence-electron chi connectivity index (χ3n) is 4.14. The molecule has 0 bridgehead atoms. The lowest BCUT2D eigenvalue weighted by atomic mass is 10.1. The van der Waals surface area contributed by atoms with Gasteiger partial charge >= 0.3 is 0 Å². The Morgan fingerprint density at radius 3 is 1.71 bits per heavy atom. The minimum Gasteiger partial charge on any atom is -0.348 e. The molecule has 9 heteroatoms. The summed E-state index contributed by atoms with van der Waals surface area (Å²) in [6.07, 6.45) is 0. The van der Waals surface area contributed by atoms with Crippen LogP contribution in [-0.4, -0.2) is 57.6 Å². The number of halogens is 1. The maximum Gasteiger partial charge on any atom is 0.189 e. The second kappa shape index (κ2) is 12.8. The first-order valence-electron chi connectivity index (χ1n) is 9.35. The molecule has 0 amide bonds. The number of hydrogen-bond acceptors (Lipinski definition) is 4. The van der Waals surface area contributed by atoms with Crippen molar-refractivity contribution in [3.05, 3.63) is 34.3 Å². The molecule has 0 aliphatic carbocycles. The largest absolute Gasteiger partial charge is 0.348 e. The van der Waals surface area contributed by atoms with Crippen LogP contribution in [0.3, 0.4) is 0 Å². The highest BCUT2D eigenvalue weighted by Gasteiger charge is 2.11. The van der Waals surface area contributed by atoms with Crippen molar-refractivity contribution >= 4 is 62.0 Å². The van der Waals surface area contributed by atoms with Gasteiger partial charge in [-0.15, -0.1) is 0 Å². The molecule has 0 radical (unpaired) electrons. The molecule has 0 unspecified atom stereocenters. The molecule has 28 heavy (non-hydrogen) atoms. The van der Waals surface area contributed by atoms with Crippen LogP contribution in [-0.2, 0) is 0 Å². The topological polar surface area (TPSA) is 55.3 Å². The Balaban J connectivity index is 3.11. The van der Waals surface area contributed by atoms with Gasteiger partial charge in [-0.25, -0.2) is 0 Å². The molecule has 0 aliphatic heterocycles. The van der Waals surface area contributed by atoms with Crippen molar-refractivity contribution in [3.63, 3.8) is 0 Å². The minimum absolute atomic E-state index is 0.582. The fourth-order valence-electron chi connectivity index (χ4n) is 2.41. The summed E-state index contributed by atoms with van der Waals surface area (Å²) in [6.45, 7) is 13.4. The molecule has 0 heterocycles. The van der Waals surface area contributed by atoms with Crippen molar-refractivity contribution in [2.24, 2.45) is 10.2 Å². The normalized spacial score (nSPS) is 11.8. The van der Waals surface area contributed by atoms with Crippen LogP contribution in [0.5, 0.6) is 0 Å². The Labute approximate surface area is 187 Å². The number of nitrogens with zero attached hydrogens (tertiary/aromatic N) is 4. The van der Waals surface area contributed by atoms with E-state index in [0.29, 0.717) is 21.6 Å². The zero-order valence-corrected chi connectivity index (χ0v) is 20.3. The zero-order chi connectivity index (χ0) is 21.1. The molecule has 0 atom stereocenters. The van der Waals surface area contributed by atoms with Gasteiger partial charge in [0.15, 0.2) is 10.2 Å². The molecule has 0 aromatic heterocycles. The lowest BCUT2D eigenvalue weighted by Crippen LogP contribution is -2.39. The Morgan fingerprint density at radius 2 is 1.29 bits per heavy atom. The Morgan fingerprint density at radius 1 is 0.857 bits per heavy atom. The van der Waals surface area contributed by atoms with E-state index in [1.165, 1.54) is 0 Å². The molecule has 0 aliphatic rings. The summed E-state index contributed by atoms with van der Waals surface area (Å²) < 4.78 is 0.998. The van der Waals surface area contributed by atoms with Crippen LogP contribution in [0.25, 0.3) is 0 Å². The van der Waals surface area contributed by atoms with E-state index in [9.17, 15) is 0 Å². The van der Waals surface area contributed by atoms with Crippen LogP contribution in [0, 0.1) is 0 Å². The first-order chi connectivity index (χ1) is 13.4. The van der Waals surface area contributed by atoms with Crippen molar-refractivity contribution < 1.29 is 0 Å². The van der Waals surface area contributed by atoms with Gasteiger partial charge in [0.05, 0.1) is 5.71 Å². The van der Waals surface area contributed by atoms with Gasteiger partial charge in [0.1, 0.15) is 5.71 Å². The fourth-order valence-corrected chi connectivity index (χ4v) is 3.29. The van der Waals surface area contributed by atoms with Crippen LogP contribution in [0.15, 0.2) is 38.9 Å². The van der Waals surface area contributed by atoms with E-state index < -0.39 is 0 Å². The lowest BCUT2D eigenvalue weighted by Gasteiger charge is -2.21. The molecular weight excluding hydrogens is 456 g/mol. The molecule has 0 fully saturated rings. The predicted molar refractivity (Wildman–Crippen MR) is 131 cm³/mol. The lowest BCUT2D eigenvalue weighted by molar-refractivity contribution is 0.457. The summed E-state index contributed by atoms with van der Waals surface area (Å²) in [7, 11) is 0. The average Bonchev–Trinajstić information content (AvgIpc) is 2.69. The van der Waals surface area contributed by atoms with Crippen LogP contribution >= 0.6 is 40.4 Å². The maximum absolute atomic E-state index is 5.44. The summed E-state index contributed by atoms with van der Waals surface area (Å²) >= 11 is 14.3. The molecule has 0 saturated carbocycles. The van der Waals surface area contributed by atoms with Crippen LogP contribution in [0.1, 0.15) is 40.2 Å². The van der Waals surface area contributed by atoms with Gasteiger partial charge in [0.25, 0.3) is 0 Å². The summed E-state index contributed by atoms with van der Waals surface area (Å²) in [4.78, 5) is 4.05. The Bertz CT molecular complexity index is 710. The van der Waals surface area contributed by atoms with Crippen molar-refractivity contribution in [1.82, 2.24) is 20.7 Å². The average molecular weight is 486 g/mol. The van der Waals surface area contributed by atoms with Crippen LogP contribution in [0.4, 0.5) is 0 Å². The molecule has 1 rings (SSSR count). The molecular formula is C19H29BrN6S2. The number of rotatable bonds is 8. The number of nitrogens with one attached hydrogen (secondary N) is 2. The number of hydrazone groups is 2. The molecule has 154 valence electrons. The van der Waals surface area contributed by atoms with E-state index in [4.69, 9.17) is 24.4 Å². The standard InChI is InChI=1S/C19H29BrN6S2/c1-6-25(7-2)18(27)23-21-14(5)17(15-10-12-16(20)13-11-15)22-24-19(28)26(8-3)9-4/h10-13H,6-9H2,1-5H3,(H,23,27)(H,24,28). The van der Waals surface area contributed by atoms with E-state index in [1.54, 1.807) is 0 Å². The van der Waals surface area contributed by atoms with Gasteiger partial charge in [-0.1, -0.05) is 28.1 Å². The highest BCUT2D eigenvalue weighted by molar-refractivity contribution is 9.10. The second-order valence-corrected chi connectivity index (χ2v) is 7.53. The predicted octanol–water partition coefficient (Wildman–Crippen LogP) is 3.96. The van der Waals surface area contributed by atoms with E-state index >= 15 is 0 Å². The molecule has 6 nitrogen and oxygen atoms in total. The quantitative estimate of drug-likeness (QED) is 0.330. The monoisotopic (exact) mass is 484 g/mol. The first kappa shape index (κ1) is 24.5. The Kier molecular flexibility index (Phi) is 11.2. The third-order valence-corrected chi connectivity index (χ3v) is 5.37. The maximum atomic E-state index is 5.44. The van der Waals surface area contributed by atoms with Gasteiger partial charge < -0.3 is 9.80 Å². The smallest absolute Gasteiger partial charge is 0.189 e. The van der Waals surface area contributed by atoms with Crippen molar-refractivity contribution in [2.75, 3.05) is 26.2 Å². The van der Waals surface area contributed by atoms with E-state index in [0.717, 1.165) is 36.2 Å². The fraction of sp³-hybridized carbons (Fsp3) is 0.474. The van der Waals surface area contributed by atoms with Crippen LogP contribution in [0.2, 0.25) is 0 Å². The molecule has 2 N–H and O–H groups in total. The molecule has 1 aromatic rings. The van der Waals surface area contributed by atoms with Gasteiger partial charge in [-0.3, -0.25) is 10.9 Å². The third kappa shape index (κ3) is 7.44. The summed E-state index contributed by atoms with van der Waals surface area (Å²) in [5, 5.41) is 10.2. The van der Waals surface area contributed by atoms with Crippen molar-refractivity contribution in [3.8, 4) is 0 Å². The zero-order valence-electron chi connectivity index (χ0n) is 17.1. The van der Waals surface area contributed by atoms with Gasteiger partial charge in [-0.2, -0.15) is 10.2 Å². The highest BCUT2D eigenvalue weighted by Crippen LogP contribution is 2.12. The summed E-state index contributed by atoms with van der Waals surface area (Å²) in [5.41, 5.74) is 8.27. The number of thiocarbonyl (C=S) groups is 2. The van der Waals surface area contributed by atoms with Crippen molar-refractivity contribution in [2.45, 2.75) is 34.6 Å². The number of hydrogen-bond donors (Lipinski definition) is 2. The van der Waals surface area contributed by atoms with E-state index in [-0.39, 0.29) is 0 Å². The summed E-state index contributed by atoms with van der Waals surface area (Å²) in [6, 6.07) is 7.89. The molecule has 0 spiro atoms. The van der Waals surface area contributed by atoms with Gasteiger partial charge in [0, 0.05) is 36.2 Å². The first-order valence-corrected chi connectivity index (χ1v) is 11.0. The van der Waals surface area contributed by atoms with Crippen molar-refractivity contribution in [1.29, 1.82) is 0 Å². The Hall–Kier alpha value is -1.58. The molecule has 0 saturated heterocycles. The van der Waals surface area contributed by atoms with E-state index in [1.807, 2.05) is 41.0 Å². The van der Waals surface area contributed by atoms with E-state index in [2.05, 4.69) is 64.7 Å². The van der Waals surface area contributed by atoms with Crippen LogP contribution < -0.4 is 10.9 Å². The SMILES string of the molecule is CCN(CC)C(=S)NN=C(C)C(=NNC(=S)N(CC)CC)c1ccc(Br)cc1. The minimum atomic E-state index is 0.582. The van der Waals surface area contributed by atoms with Gasteiger partial charge in [-0.05, 0) is 71.2 Å². The number of benzene rings is 1. The molecule has 1 aromatic carbocycles.